The second-order valence-electron chi connectivity index (χ2n) is 6.45. The zero-order valence-electron chi connectivity index (χ0n) is 14.0. The number of amides is 1. The van der Waals surface area contributed by atoms with Crippen molar-refractivity contribution < 1.29 is 21.6 Å². The number of halogens is 1. The summed E-state index contributed by atoms with van der Waals surface area (Å²) < 4.78 is 50.7. The molecule has 24 heavy (non-hydrogen) atoms. The van der Waals surface area contributed by atoms with Crippen LogP contribution in [0.5, 0.6) is 0 Å². The van der Waals surface area contributed by atoms with Gasteiger partial charge in [0, 0.05) is 16.3 Å². The lowest BCUT2D eigenvalue weighted by atomic mass is 10.1. The third-order valence-electron chi connectivity index (χ3n) is 2.84. The van der Waals surface area contributed by atoms with E-state index in [9.17, 15) is 21.6 Å². The van der Waals surface area contributed by atoms with Crippen molar-refractivity contribution in [1.29, 1.82) is 0 Å². The Bertz CT molecular complexity index is 842. The van der Waals surface area contributed by atoms with Crippen molar-refractivity contribution in [2.45, 2.75) is 49.1 Å². The molecule has 0 aromatic heterocycles. The lowest BCUT2D eigenvalue weighted by Gasteiger charge is -2.23. The van der Waals surface area contributed by atoms with Crippen LogP contribution in [0.1, 0.15) is 27.7 Å². The molecule has 1 amide bonds. The smallest absolute Gasteiger partial charge is 0.242 e. The first kappa shape index (κ1) is 21.1. The number of hydrogen-bond donors (Lipinski definition) is 2. The van der Waals surface area contributed by atoms with E-state index in [0.29, 0.717) is 0 Å². The summed E-state index contributed by atoms with van der Waals surface area (Å²) in [7, 11) is -7.66. The first-order chi connectivity index (χ1) is 10.6. The number of carbonyl (C=O) groups excluding carboxylic acids is 1. The van der Waals surface area contributed by atoms with Crippen LogP contribution in [0.3, 0.4) is 0 Å². The zero-order chi connectivity index (χ0) is 18.9. The molecule has 136 valence electrons. The van der Waals surface area contributed by atoms with Gasteiger partial charge in [0.05, 0.1) is 15.8 Å². The van der Waals surface area contributed by atoms with Crippen LogP contribution in [0.25, 0.3) is 0 Å². The summed E-state index contributed by atoms with van der Waals surface area (Å²) in [6.45, 7) is 6.74. The van der Waals surface area contributed by atoms with Gasteiger partial charge in [-0.25, -0.2) is 16.8 Å². The Labute approximate surface area is 151 Å². The van der Waals surface area contributed by atoms with Crippen LogP contribution in [-0.4, -0.2) is 40.6 Å². The number of nitrogens with one attached hydrogen (secondary N) is 2. The summed E-state index contributed by atoms with van der Waals surface area (Å²) in [5.74, 6) is -0.485. The highest BCUT2D eigenvalue weighted by Crippen LogP contribution is 2.25. The van der Waals surface area contributed by atoms with Gasteiger partial charge in [-0.05, 0) is 61.8 Å². The van der Waals surface area contributed by atoms with E-state index in [1.54, 1.807) is 20.8 Å². The van der Waals surface area contributed by atoms with Gasteiger partial charge in [-0.1, -0.05) is 0 Å². The van der Waals surface area contributed by atoms with Gasteiger partial charge in [0.25, 0.3) is 0 Å². The molecule has 0 spiro atoms. The summed E-state index contributed by atoms with van der Waals surface area (Å²) in [5, 5.41) is 2.67. The fraction of sp³-hybridized carbons (Fsp3) is 0.500. The lowest BCUT2D eigenvalue weighted by Crippen LogP contribution is -2.50. The van der Waals surface area contributed by atoms with Gasteiger partial charge in [-0.3, -0.25) is 4.79 Å². The summed E-state index contributed by atoms with van der Waals surface area (Å²) in [5.41, 5.74) is -0.506. The second-order valence-corrected chi connectivity index (χ2v) is 11.0. The monoisotopic (exact) mass is 440 g/mol. The van der Waals surface area contributed by atoms with Gasteiger partial charge in [-0.2, -0.15) is 4.72 Å². The molecule has 1 atom stereocenters. The molecule has 0 saturated carbocycles. The Balaban J connectivity index is 3.15. The van der Waals surface area contributed by atoms with Crippen molar-refractivity contribution in [2.24, 2.45) is 0 Å². The van der Waals surface area contributed by atoms with Gasteiger partial charge in [0.1, 0.15) is 0 Å². The first-order valence-corrected chi connectivity index (χ1v) is 11.1. The number of carbonyl (C=O) groups is 1. The Morgan fingerprint density at radius 1 is 1.17 bits per heavy atom. The molecule has 10 heteroatoms. The van der Waals surface area contributed by atoms with E-state index in [4.69, 9.17) is 0 Å². The van der Waals surface area contributed by atoms with E-state index in [2.05, 4.69) is 26.0 Å². The SMILES string of the molecule is C[C@H](NS(=O)(=O)c1cc(S(C)(=O)=O)ccc1Br)C(=O)NC(C)(C)C. The van der Waals surface area contributed by atoms with Crippen LogP contribution in [0.15, 0.2) is 32.5 Å². The molecule has 0 bridgehead atoms. The minimum Gasteiger partial charge on any atom is -0.350 e. The molecule has 0 aliphatic carbocycles. The van der Waals surface area contributed by atoms with Crippen LogP contribution >= 0.6 is 15.9 Å². The molecule has 1 rings (SSSR count). The molecule has 7 nitrogen and oxygen atoms in total. The molecule has 0 aliphatic rings. The maximum Gasteiger partial charge on any atom is 0.242 e. The van der Waals surface area contributed by atoms with Crippen molar-refractivity contribution in [3.05, 3.63) is 22.7 Å². The molecule has 0 unspecified atom stereocenters. The maximum absolute atomic E-state index is 12.5. The Kier molecular flexibility index (Phi) is 6.24. The summed E-state index contributed by atoms with van der Waals surface area (Å²) in [6.07, 6.45) is 0.986. The normalized spacial score (nSPS) is 14.2. The number of sulfone groups is 1. The Morgan fingerprint density at radius 3 is 2.17 bits per heavy atom. The largest absolute Gasteiger partial charge is 0.350 e. The van der Waals surface area contributed by atoms with E-state index >= 15 is 0 Å². The summed E-state index contributed by atoms with van der Waals surface area (Å²) in [4.78, 5) is 11.7. The number of sulfonamides is 1. The minimum absolute atomic E-state index is 0.127. The van der Waals surface area contributed by atoms with E-state index in [1.165, 1.54) is 19.1 Å². The predicted molar refractivity (Wildman–Crippen MR) is 94.9 cm³/mol. The molecule has 1 aromatic rings. The lowest BCUT2D eigenvalue weighted by molar-refractivity contribution is -0.123. The third-order valence-corrected chi connectivity index (χ3v) is 6.49. The van der Waals surface area contributed by atoms with E-state index in [1.807, 2.05) is 0 Å². The van der Waals surface area contributed by atoms with Gasteiger partial charge in [-0.15, -0.1) is 0 Å². The molecular formula is C14H21BrN2O5S2. The molecular weight excluding hydrogens is 420 g/mol. The Morgan fingerprint density at radius 2 is 1.71 bits per heavy atom. The highest BCUT2D eigenvalue weighted by atomic mass is 79.9. The van der Waals surface area contributed by atoms with Crippen molar-refractivity contribution in [1.82, 2.24) is 10.0 Å². The van der Waals surface area contributed by atoms with Crippen molar-refractivity contribution >= 4 is 41.7 Å². The quantitative estimate of drug-likeness (QED) is 0.719. The number of benzene rings is 1. The van der Waals surface area contributed by atoms with Crippen molar-refractivity contribution in [3.8, 4) is 0 Å². The van der Waals surface area contributed by atoms with Crippen molar-refractivity contribution in [2.75, 3.05) is 6.26 Å². The molecule has 1 aromatic carbocycles. The standard InChI is InChI=1S/C14H21BrN2O5S2/c1-9(13(18)16-14(2,3)4)17-24(21,22)12-8-10(23(5,19)20)6-7-11(12)15/h6-9,17H,1-5H3,(H,16,18)/t9-/m0/s1. The van der Waals surface area contributed by atoms with Gasteiger partial charge < -0.3 is 5.32 Å². The molecule has 0 aliphatic heterocycles. The number of rotatable bonds is 5. The van der Waals surface area contributed by atoms with E-state index in [-0.39, 0.29) is 14.3 Å². The fourth-order valence-corrected chi connectivity index (χ4v) is 4.66. The van der Waals surface area contributed by atoms with Crippen LogP contribution in [0, 0.1) is 0 Å². The highest BCUT2D eigenvalue weighted by Gasteiger charge is 2.27. The zero-order valence-corrected chi connectivity index (χ0v) is 17.3. The topological polar surface area (TPSA) is 109 Å². The minimum atomic E-state index is -4.10. The van der Waals surface area contributed by atoms with E-state index < -0.39 is 37.3 Å². The second kappa shape index (κ2) is 7.11. The maximum atomic E-state index is 12.5. The highest BCUT2D eigenvalue weighted by molar-refractivity contribution is 9.10. The predicted octanol–water partition coefficient (Wildman–Crippen LogP) is 1.43. The molecule has 0 radical (unpaired) electrons. The van der Waals surface area contributed by atoms with Crippen molar-refractivity contribution in [3.63, 3.8) is 0 Å². The molecule has 2 N–H and O–H groups in total. The summed E-state index contributed by atoms with van der Waals surface area (Å²) in [6, 6.07) is 2.66. The third kappa shape index (κ3) is 5.83. The number of hydrogen-bond acceptors (Lipinski definition) is 5. The summed E-state index contributed by atoms with van der Waals surface area (Å²) >= 11 is 3.09. The van der Waals surface area contributed by atoms with Gasteiger partial charge in [0.15, 0.2) is 9.84 Å². The Hall–Kier alpha value is -0.970. The van der Waals surface area contributed by atoms with Crippen LogP contribution in [0.4, 0.5) is 0 Å². The average molecular weight is 441 g/mol. The fourth-order valence-electron chi connectivity index (χ4n) is 1.75. The van der Waals surface area contributed by atoms with Crippen LogP contribution < -0.4 is 10.0 Å². The molecule has 0 saturated heterocycles. The van der Waals surface area contributed by atoms with Gasteiger partial charge >= 0.3 is 0 Å². The van der Waals surface area contributed by atoms with Gasteiger partial charge in [0.2, 0.25) is 15.9 Å². The molecule has 0 heterocycles. The average Bonchev–Trinajstić information content (AvgIpc) is 2.34. The van der Waals surface area contributed by atoms with Crippen LogP contribution in [-0.2, 0) is 24.7 Å². The molecule has 0 fully saturated rings. The first-order valence-electron chi connectivity index (χ1n) is 6.97. The van der Waals surface area contributed by atoms with Crippen LogP contribution in [0.2, 0.25) is 0 Å². The van der Waals surface area contributed by atoms with E-state index in [0.717, 1.165) is 12.3 Å².